The Kier molecular flexibility index (Phi) is 6.10. The minimum absolute atomic E-state index is 0.0710. The summed E-state index contributed by atoms with van der Waals surface area (Å²) in [6.07, 6.45) is -4.57. The quantitative estimate of drug-likeness (QED) is 0.341. The van der Waals surface area contributed by atoms with Crippen molar-refractivity contribution < 1.29 is 54.0 Å². The summed E-state index contributed by atoms with van der Waals surface area (Å²) in [6, 6.07) is 9.74. The molecule has 0 saturated carbocycles. The Morgan fingerprint density at radius 1 is 0.811 bits per heavy atom. The molecule has 0 radical (unpaired) electrons. The van der Waals surface area contributed by atoms with E-state index in [1.165, 1.54) is 38.5 Å². The highest BCUT2D eigenvalue weighted by molar-refractivity contribution is 6.05. The second kappa shape index (κ2) is 9.26. The fourth-order valence-corrected chi connectivity index (χ4v) is 4.49. The van der Waals surface area contributed by atoms with Crippen LogP contribution in [0, 0.1) is 0 Å². The van der Waals surface area contributed by atoms with Crippen LogP contribution in [0.3, 0.4) is 0 Å². The first kappa shape index (κ1) is 24.3. The highest BCUT2D eigenvalue weighted by Gasteiger charge is 2.41. The average molecular weight is 512 g/mol. The van der Waals surface area contributed by atoms with Crippen LogP contribution in [0.1, 0.15) is 33.7 Å². The van der Waals surface area contributed by atoms with E-state index in [9.17, 15) is 30.3 Å². The lowest BCUT2D eigenvalue weighted by Gasteiger charge is -2.35. The van der Waals surface area contributed by atoms with E-state index in [0.717, 1.165) is 6.07 Å². The van der Waals surface area contributed by atoms with Gasteiger partial charge in [-0.15, -0.1) is 0 Å². The zero-order valence-corrected chi connectivity index (χ0v) is 19.7. The van der Waals surface area contributed by atoms with Crippen LogP contribution < -0.4 is 23.7 Å². The summed E-state index contributed by atoms with van der Waals surface area (Å²) in [5, 5.41) is 50.6. The van der Waals surface area contributed by atoms with Gasteiger partial charge in [-0.1, -0.05) is 6.07 Å². The molecular formula is C26H24O11. The molecule has 11 heteroatoms. The molecule has 5 N–H and O–H groups in total. The first-order valence-corrected chi connectivity index (χ1v) is 11.2. The Labute approximate surface area is 210 Å². The minimum Gasteiger partial charge on any atom is -0.508 e. The lowest BCUT2D eigenvalue weighted by Crippen LogP contribution is -2.37. The summed E-state index contributed by atoms with van der Waals surface area (Å²) in [5.74, 6) is -1.01. The SMILES string of the molecule is COc1cc([C@H]2Oc3cc([C@H]4Oc5cc(O)cc(O)c5C(=O)[C@@H]4O)cc(OC)c3O[C@@H]2CO)ccc1O. The summed E-state index contributed by atoms with van der Waals surface area (Å²) in [7, 11) is 2.80. The molecule has 0 spiro atoms. The molecule has 37 heavy (non-hydrogen) atoms. The lowest BCUT2D eigenvalue weighted by molar-refractivity contribution is -0.0149. The number of aliphatic hydroxyl groups excluding tert-OH is 2. The van der Waals surface area contributed by atoms with Crippen LogP contribution in [-0.2, 0) is 0 Å². The Balaban J connectivity index is 1.56. The topological polar surface area (TPSA) is 164 Å². The number of Topliss-reactive ketones (excluding diaryl/α,β-unsaturated/α-hetero) is 1. The fraction of sp³-hybridized carbons (Fsp3) is 0.269. The van der Waals surface area contributed by atoms with Crippen LogP contribution in [0.2, 0.25) is 0 Å². The molecule has 0 aliphatic carbocycles. The minimum atomic E-state index is -1.68. The maximum Gasteiger partial charge on any atom is 0.204 e. The predicted molar refractivity (Wildman–Crippen MR) is 126 cm³/mol. The monoisotopic (exact) mass is 512 g/mol. The molecule has 0 unspecified atom stereocenters. The maximum atomic E-state index is 12.9. The summed E-state index contributed by atoms with van der Waals surface area (Å²) < 4.78 is 28.7. The molecule has 0 bridgehead atoms. The van der Waals surface area contributed by atoms with Crippen LogP contribution in [0.15, 0.2) is 42.5 Å². The van der Waals surface area contributed by atoms with Crippen molar-refractivity contribution in [3.8, 4) is 46.0 Å². The van der Waals surface area contributed by atoms with Crippen molar-refractivity contribution in [1.82, 2.24) is 0 Å². The molecule has 0 amide bonds. The molecule has 5 rings (SSSR count). The van der Waals surface area contributed by atoms with E-state index in [1.54, 1.807) is 12.1 Å². The summed E-state index contributed by atoms with van der Waals surface area (Å²) in [5.41, 5.74) is 0.601. The third-order valence-corrected chi connectivity index (χ3v) is 6.29. The van der Waals surface area contributed by atoms with Gasteiger partial charge < -0.3 is 49.2 Å². The van der Waals surface area contributed by atoms with E-state index < -0.39 is 42.6 Å². The van der Waals surface area contributed by atoms with Gasteiger partial charge in [-0.25, -0.2) is 0 Å². The molecule has 11 nitrogen and oxygen atoms in total. The van der Waals surface area contributed by atoms with Gasteiger partial charge in [0.25, 0.3) is 0 Å². The smallest absolute Gasteiger partial charge is 0.204 e. The molecule has 3 aromatic carbocycles. The third kappa shape index (κ3) is 4.07. The molecule has 0 fully saturated rings. The summed E-state index contributed by atoms with van der Waals surface area (Å²) >= 11 is 0. The Bertz CT molecular complexity index is 1370. The Morgan fingerprint density at radius 3 is 2.22 bits per heavy atom. The van der Waals surface area contributed by atoms with Crippen LogP contribution in [-0.4, -0.2) is 64.4 Å². The third-order valence-electron chi connectivity index (χ3n) is 6.29. The van der Waals surface area contributed by atoms with Crippen molar-refractivity contribution in [1.29, 1.82) is 0 Å². The van der Waals surface area contributed by atoms with Crippen LogP contribution >= 0.6 is 0 Å². The van der Waals surface area contributed by atoms with Gasteiger partial charge in [-0.3, -0.25) is 4.79 Å². The predicted octanol–water partition coefficient (Wildman–Crippen LogP) is 2.37. The van der Waals surface area contributed by atoms with E-state index >= 15 is 0 Å². The van der Waals surface area contributed by atoms with Crippen molar-refractivity contribution in [2.45, 2.75) is 24.4 Å². The second-order valence-electron chi connectivity index (χ2n) is 8.54. The standard InChI is InChI=1S/C26H24O11/c1-33-16-5-11(3-4-14(16)29)24-20(10-27)37-26-18(34-2)6-12(7-19(26)36-24)25-23(32)22(31)21-15(30)8-13(28)9-17(21)35-25/h3-9,20,23-25,27-30,32H,10H2,1-2H3/t20-,23+,24-,25-/m1/s1. The number of phenols is 3. The number of fused-ring (bicyclic) bond motifs is 2. The molecule has 4 atom stereocenters. The Morgan fingerprint density at radius 2 is 1.51 bits per heavy atom. The zero-order valence-electron chi connectivity index (χ0n) is 19.7. The highest BCUT2D eigenvalue weighted by Crippen LogP contribution is 2.49. The molecular weight excluding hydrogens is 488 g/mol. The number of carbonyl (C=O) groups excluding carboxylic acids is 1. The fourth-order valence-electron chi connectivity index (χ4n) is 4.49. The van der Waals surface area contributed by atoms with Gasteiger partial charge >= 0.3 is 0 Å². The van der Waals surface area contributed by atoms with Crippen LogP contribution in [0.25, 0.3) is 0 Å². The summed E-state index contributed by atoms with van der Waals surface area (Å²) in [4.78, 5) is 12.9. The molecule has 194 valence electrons. The Hall–Kier alpha value is -4.35. The molecule has 2 heterocycles. The van der Waals surface area contributed by atoms with E-state index in [4.69, 9.17) is 23.7 Å². The van der Waals surface area contributed by atoms with Gasteiger partial charge in [-0.2, -0.15) is 0 Å². The van der Waals surface area contributed by atoms with Gasteiger partial charge in [0.1, 0.15) is 22.8 Å². The van der Waals surface area contributed by atoms with Crippen molar-refractivity contribution in [2.75, 3.05) is 20.8 Å². The van der Waals surface area contributed by atoms with Crippen molar-refractivity contribution in [2.24, 2.45) is 0 Å². The van der Waals surface area contributed by atoms with Gasteiger partial charge in [0.15, 0.2) is 47.4 Å². The highest BCUT2D eigenvalue weighted by atomic mass is 16.6. The number of methoxy groups -OCH3 is 2. The largest absolute Gasteiger partial charge is 0.508 e. The van der Waals surface area contributed by atoms with E-state index in [-0.39, 0.29) is 51.4 Å². The number of hydrogen-bond acceptors (Lipinski definition) is 11. The number of ether oxygens (including phenoxy) is 5. The van der Waals surface area contributed by atoms with Crippen molar-refractivity contribution in [3.05, 3.63) is 59.2 Å². The summed E-state index contributed by atoms with van der Waals surface area (Å²) in [6.45, 7) is -0.402. The number of phenolic OH excluding ortho intramolecular Hbond substituents is 3. The number of ketones is 1. The molecule has 2 aliphatic heterocycles. The van der Waals surface area contributed by atoms with Gasteiger partial charge in [-0.05, 0) is 24.3 Å². The maximum absolute atomic E-state index is 12.9. The number of benzene rings is 3. The molecule has 0 saturated heterocycles. The van der Waals surface area contributed by atoms with Gasteiger partial charge in [0, 0.05) is 23.3 Å². The number of carbonyl (C=O) groups is 1. The number of hydrogen-bond donors (Lipinski definition) is 5. The zero-order chi connectivity index (χ0) is 26.4. The molecule has 0 aromatic heterocycles. The van der Waals surface area contributed by atoms with E-state index in [0.29, 0.717) is 5.56 Å². The van der Waals surface area contributed by atoms with Gasteiger partial charge in [0.2, 0.25) is 11.5 Å². The first-order chi connectivity index (χ1) is 17.7. The van der Waals surface area contributed by atoms with E-state index in [2.05, 4.69) is 0 Å². The van der Waals surface area contributed by atoms with Crippen LogP contribution in [0.4, 0.5) is 0 Å². The number of aromatic hydroxyl groups is 3. The van der Waals surface area contributed by atoms with Gasteiger partial charge in [0.05, 0.1) is 20.8 Å². The van der Waals surface area contributed by atoms with E-state index in [1.807, 2.05) is 0 Å². The molecule has 2 aliphatic rings. The normalized spacial score (nSPS) is 22.1. The van der Waals surface area contributed by atoms with Crippen molar-refractivity contribution >= 4 is 5.78 Å². The number of rotatable bonds is 5. The number of aliphatic hydroxyl groups is 2. The average Bonchev–Trinajstić information content (AvgIpc) is 2.89. The lowest BCUT2D eigenvalue weighted by atomic mass is 9.92. The first-order valence-electron chi connectivity index (χ1n) is 11.2. The second-order valence-corrected chi connectivity index (χ2v) is 8.54. The molecule has 3 aromatic rings. The van der Waals surface area contributed by atoms with Crippen molar-refractivity contribution in [3.63, 3.8) is 0 Å². The van der Waals surface area contributed by atoms with Crippen LogP contribution in [0.5, 0.6) is 46.0 Å².